The summed E-state index contributed by atoms with van der Waals surface area (Å²) in [7, 11) is 0. The number of benzene rings is 1. The van der Waals surface area contributed by atoms with E-state index in [4.69, 9.17) is 10.8 Å². The van der Waals surface area contributed by atoms with E-state index in [9.17, 15) is 9.18 Å². The van der Waals surface area contributed by atoms with Crippen molar-refractivity contribution in [3.63, 3.8) is 0 Å². The molecule has 0 unspecified atom stereocenters. The number of aromatic nitrogens is 2. The molecule has 0 aliphatic heterocycles. The van der Waals surface area contributed by atoms with Crippen LogP contribution in [-0.2, 0) is 0 Å². The summed E-state index contributed by atoms with van der Waals surface area (Å²) in [4.78, 5) is 14.9. The molecule has 0 spiro atoms. The van der Waals surface area contributed by atoms with Gasteiger partial charge in [0.1, 0.15) is 12.1 Å². The van der Waals surface area contributed by atoms with Crippen molar-refractivity contribution in [2.75, 3.05) is 5.73 Å². The van der Waals surface area contributed by atoms with Crippen LogP contribution >= 0.6 is 23.3 Å². The largest absolute Gasteiger partial charge is 0.478 e. The van der Waals surface area contributed by atoms with Crippen molar-refractivity contribution in [3.8, 4) is 0 Å². The van der Waals surface area contributed by atoms with Gasteiger partial charge >= 0.3 is 5.97 Å². The van der Waals surface area contributed by atoms with Crippen LogP contribution in [0.4, 0.5) is 10.1 Å². The topological polar surface area (TPSA) is 89.1 Å². The van der Waals surface area contributed by atoms with Gasteiger partial charge < -0.3 is 10.8 Å². The van der Waals surface area contributed by atoms with E-state index < -0.39 is 11.8 Å². The van der Waals surface area contributed by atoms with Gasteiger partial charge in [0.15, 0.2) is 4.34 Å². The molecular weight excluding hydrogens is 265 g/mol. The highest BCUT2D eigenvalue weighted by atomic mass is 32.2. The first-order valence-corrected chi connectivity index (χ1v) is 5.93. The summed E-state index contributed by atoms with van der Waals surface area (Å²) in [6.45, 7) is 0. The summed E-state index contributed by atoms with van der Waals surface area (Å²) in [5, 5.41) is 8.87. The molecule has 8 heteroatoms. The van der Waals surface area contributed by atoms with Crippen LogP contribution in [0.1, 0.15) is 10.4 Å². The fourth-order valence-corrected chi connectivity index (χ4v) is 2.58. The molecule has 0 amide bonds. The summed E-state index contributed by atoms with van der Waals surface area (Å²) < 4.78 is 17.9. The van der Waals surface area contributed by atoms with Gasteiger partial charge in [0.05, 0.1) is 10.5 Å². The number of nitrogens with zero attached hydrogens (tertiary/aromatic N) is 2. The second kappa shape index (κ2) is 4.68. The third-order valence-electron chi connectivity index (χ3n) is 1.87. The van der Waals surface area contributed by atoms with E-state index in [1.807, 2.05) is 0 Å². The summed E-state index contributed by atoms with van der Waals surface area (Å²) in [6.07, 6.45) is 1.35. The van der Waals surface area contributed by atoms with Gasteiger partial charge in [-0.25, -0.2) is 14.2 Å². The summed E-state index contributed by atoms with van der Waals surface area (Å²) in [5.74, 6) is -1.77. The van der Waals surface area contributed by atoms with Gasteiger partial charge in [-0.1, -0.05) is 11.8 Å². The average Bonchev–Trinajstić information content (AvgIpc) is 2.74. The Kier molecular flexibility index (Phi) is 3.25. The van der Waals surface area contributed by atoms with E-state index >= 15 is 0 Å². The number of halogens is 1. The van der Waals surface area contributed by atoms with Crippen LogP contribution in [0.5, 0.6) is 0 Å². The molecular formula is C9H6FN3O2S2. The minimum Gasteiger partial charge on any atom is -0.478 e. The second-order valence-electron chi connectivity index (χ2n) is 2.98. The number of rotatable bonds is 3. The van der Waals surface area contributed by atoms with Crippen molar-refractivity contribution in [3.05, 3.63) is 29.8 Å². The van der Waals surface area contributed by atoms with E-state index in [1.165, 1.54) is 12.4 Å². The van der Waals surface area contributed by atoms with Gasteiger partial charge in [-0.05, 0) is 23.7 Å². The maximum absolute atomic E-state index is 13.5. The number of carbonyl (C=O) groups is 1. The van der Waals surface area contributed by atoms with Crippen LogP contribution in [0.15, 0.2) is 27.7 Å². The third kappa shape index (κ3) is 2.53. The van der Waals surface area contributed by atoms with Crippen LogP contribution in [0.3, 0.4) is 0 Å². The van der Waals surface area contributed by atoms with Crippen LogP contribution in [-0.4, -0.2) is 20.4 Å². The molecule has 0 bridgehead atoms. The first-order valence-electron chi connectivity index (χ1n) is 4.35. The van der Waals surface area contributed by atoms with Crippen molar-refractivity contribution in [2.24, 2.45) is 0 Å². The number of hydrogen-bond acceptors (Lipinski definition) is 6. The van der Waals surface area contributed by atoms with Crippen molar-refractivity contribution in [1.29, 1.82) is 0 Å². The molecule has 2 rings (SSSR count). The van der Waals surface area contributed by atoms with E-state index in [0.717, 1.165) is 29.4 Å². The van der Waals surface area contributed by atoms with Crippen LogP contribution in [0.2, 0.25) is 0 Å². The summed E-state index contributed by atoms with van der Waals surface area (Å²) in [6, 6.07) is 2.19. The Morgan fingerprint density at radius 3 is 2.88 bits per heavy atom. The highest BCUT2D eigenvalue weighted by Crippen LogP contribution is 2.32. The van der Waals surface area contributed by atoms with E-state index in [2.05, 4.69) is 9.36 Å². The van der Waals surface area contributed by atoms with Gasteiger partial charge in [-0.2, -0.15) is 4.37 Å². The number of hydrogen-bond donors (Lipinski definition) is 2. The molecule has 1 aromatic carbocycles. The van der Waals surface area contributed by atoms with Gasteiger partial charge in [0.25, 0.3) is 0 Å². The van der Waals surface area contributed by atoms with Gasteiger partial charge in [0.2, 0.25) is 0 Å². The number of carboxylic acid groups (broad SMARTS) is 1. The molecule has 17 heavy (non-hydrogen) atoms. The predicted octanol–water partition coefficient (Wildman–Crippen LogP) is 2.11. The van der Waals surface area contributed by atoms with Crippen LogP contribution in [0.25, 0.3) is 0 Å². The van der Waals surface area contributed by atoms with Crippen molar-refractivity contribution < 1.29 is 14.3 Å². The highest BCUT2D eigenvalue weighted by molar-refractivity contribution is 8.01. The number of anilines is 1. The van der Waals surface area contributed by atoms with Gasteiger partial charge in [-0.3, -0.25) is 0 Å². The number of aromatic carboxylic acids is 1. The van der Waals surface area contributed by atoms with Crippen LogP contribution in [0, 0.1) is 5.82 Å². The minimum atomic E-state index is -1.19. The maximum Gasteiger partial charge on any atom is 0.337 e. The van der Waals surface area contributed by atoms with E-state index in [1.54, 1.807) is 0 Å². The van der Waals surface area contributed by atoms with E-state index in [0.29, 0.717) is 4.34 Å². The molecule has 0 fully saturated rings. The smallest absolute Gasteiger partial charge is 0.337 e. The Morgan fingerprint density at radius 2 is 2.29 bits per heavy atom. The molecule has 0 aliphatic rings. The Bertz CT molecular complexity index is 560. The molecule has 0 saturated heterocycles. The molecule has 0 saturated carbocycles. The Morgan fingerprint density at radius 1 is 1.53 bits per heavy atom. The predicted molar refractivity (Wildman–Crippen MR) is 61.8 cm³/mol. The second-order valence-corrected chi connectivity index (χ2v) is 5.05. The molecule has 5 nitrogen and oxygen atoms in total. The normalized spacial score (nSPS) is 10.4. The Labute approximate surface area is 104 Å². The minimum absolute atomic E-state index is 0.100. The average molecular weight is 271 g/mol. The molecule has 0 aliphatic carbocycles. The fraction of sp³-hybridized carbons (Fsp3) is 0. The SMILES string of the molecule is Nc1cc(F)c(Sc2ncns2)cc1C(=O)O. The van der Waals surface area contributed by atoms with Crippen molar-refractivity contribution in [2.45, 2.75) is 9.24 Å². The lowest BCUT2D eigenvalue weighted by atomic mass is 10.2. The molecule has 3 N–H and O–H groups in total. The van der Waals surface area contributed by atoms with Gasteiger partial charge in [0, 0.05) is 5.69 Å². The van der Waals surface area contributed by atoms with Gasteiger partial charge in [-0.15, -0.1) is 0 Å². The summed E-state index contributed by atoms with van der Waals surface area (Å²) >= 11 is 2.11. The quantitative estimate of drug-likeness (QED) is 0.831. The zero-order valence-corrected chi connectivity index (χ0v) is 9.89. The fourth-order valence-electron chi connectivity index (χ4n) is 1.13. The molecule has 0 atom stereocenters. The molecule has 1 heterocycles. The number of nitrogen functional groups attached to an aromatic ring is 1. The van der Waals surface area contributed by atoms with Crippen molar-refractivity contribution >= 4 is 35.0 Å². The first kappa shape index (κ1) is 11.8. The highest BCUT2D eigenvalue weighted by Gasteiger charge is 2.14. The lowest BCUT2D eigenvalue weighted by molar-refractivity contribution is 0.0697. The lowest BCUT2D eigenvalue weighted by Gasteiger charge is -2.05. The number of nitrogens with two attached hydrogens (primary N) is 1. The Balaban J connectivity index is 2.40. The standard InChI is InChI=1S/C9H6FN3O2S2/c10-5-2-6(11)4(8(14)15)1-7(5)16-9-12-3-13-17-9/h1-3H,11H2,(H,14,15). The first-order chi connectivity index (χ1) is 8.08. The van der Waals surface area contributed by atoms with Crippen LogP contribution < -0.4 is 5.73 Å². The number of carboxylic acids is 1. The van der Waals surface area contributed by atoms with E-state index in [-0.39, 0.29) is 16.1 Å². The molecule has 2 aromatic rings. The zero-order valence-electron chi connectivity index (χ0n) is 8.25. The maximum atomic E-state index is 13.5. The molecule has 1 aromatic heterocycles. The zero-order chi connectivity index (χ0) is 12.4. The Hall–Kier alpha value is -1.67. The molecule has 0 radical (unpaired) electrons. The summed E-state index contributed by atoms with van der Waals surface area (Å²) in [5.41, 5.74) is 5.18. The lowest BCUT2D eigenvalue weighted by Crippen LogP contribution is -2.03. The third-order valence-corrected chi connectivity index (χ3v) is 3.62. The monoisotopic (exact) mass is 271 g/mol. The molecule has 88 valence electrons. The van der Waals surface area contributed by atoms with Crippen molar-refractivity contribution in [1.82, 2.24) is 9.36 Å².